The van der Waals surface area contributed by atoms with Crippen LogP contribution in [0, 0.1) is 0 Å². The SMILES string of the molecule is CCCCNC(=O)C(CC)N(Cc1ccccc1Cl)C(=O)COc1cccc2ccccc12. The molecule has 0 aliphatic rings. The maximum atomic E-state index is 13.4. The van der Waals surface area contributed by atoms with E-state index in [2.05, 4.69) is 12.2 Å². The highest BCUT2D eigenvalue weighted by molar-refractivity contribution is 6.31. The summed E-state index contributed by atoms with van der Waals surface area (Å²) in [6.07, 6.45) is 2.37. The molecule has 33 heavy (non-hydrogen) atoms. The van der Waals surface area contributed by atoms with Crippen LogP contribution in [0.1, 0.15) is 38.7 Å². The highest BCUT2D eigenvalue weighted by Gasteiger charge is 2.29. The molecule has 3 aromatic carbocycles. The van der Waals surface area contributed by atoms with Crippen molar-refractivity contribution < 1.29 is 14.3 Å². The Balaban J connectivity index is 1.81. The van der Waals surface area contributed by atoms with Crippen LogP contribution in [0.15, 0.2) is 66.7 Å². The predicted octanol–water partition coefficient (Wildman–Crippen LogP) is 5.60. The Kier molecular flexibility index (Phi) is 9.14. The summed E-state index contributed by atoms with van der Waals surface area (Å²) >= 11 is 6.37. The molecule has 1 unspecified atom stereocenters. The lowest BCUT2D eigenvalue weighted by molar-refractivity contribution is -0.142. The van der Waals surface area contributed by atoms with E-state index < -0.39 is 6.04 Å². The Hall–Kier alpha value is -3.05. The van der Waals surface area contributed by atoms with Gasteiger partial charge in [0.15, 0.2) is 6.61 Å². The molecule has 0 aliphatic heterocycles. The molecule has 0 heterocycles. The van der Waals surface area contributed by atoms with E-state index in [1.54, 1.807) is 11.0 Å². The van der Waals surface area contributed by atoms with Crippen molar-refractivity contribution in [2.24, 2.45) is 0 Å². The zero-order valence-electron chi connectivity index (χ0n) is 19.2. The van der Waals surface area contributed by atoms with Crippen molar-refractivity contribution in [3.8, 4) is 5.75 Å². The number of unbranched alkanes of at least 4 members (excludes halogenated alkanes) is 1. The second kappa shape index (κ2) is 12.3. The maximum absolute atomic E-state index is 13.4. The number of fused-ring (bicyclic) bond motifs is 1. The molecule has 0 spiro atoms. The Morgan fingerprint density at radius 1 is 1.00 bits per heavy atom. The van der Waals surface area contributed by atoms with Crippen LogP contribution in [0.2, 0.25) is 5.02 Å². The minimum atomic E-state index is -0.609. The summed E-state index contributed by atoms with van der Waals surface area (Å²) in [5.41, 5.74) is 0.789. The quantitative estimate of drug-likeness (QED) is 0.374. The number of hydrogen-bond acceptors (Lipinski definition) is 3. The lowest BCUT2D eigenvalue weighted by atomic mass is 10.1. The number of hydrogen-bond donors (Lipinski definition) is 1. The van der Waals surface area contributed by atoms with Crippen LogP contribution in [0.3, 0.4) is 0 Å². The molecular weight excluding hydrogens is 436 g/mol. The Morgan fingerprint density at radius 2 is 1.73 bits per heavy atom. The number of ether oxygens (including phenoxy) is 1. The average molecular weight is 467 g/mol. The maximum Gasteiger partial charge on any atom is 0.261 e. The van der Waals surface area contributed by atoms with Crippen molar-refractivity contribution in [1.29, 1.82) is 0 Å². The lowest BCUT2D eigenvalue weighted by Gasteiger charge is -2.31. The average Bonchev–Trinajstić information content (AvgIpc) is 2.83. The molecule has 3 aromatic rings. The zero-order chi connectivity index (χ0) is 23.6. The molecule has 6 heteroatoms. The predicted molar refractivity (Wildman–Crippen MR) is 133 cm³/mol. The van der Waals surface area contributed by atoms with Crippen molar-refractivity contribution >= 4 is 34.2 Å². The number of halogens is 1. The van der Waals surface area contributed by atoms with Gasteiger partial charge in [-0.3, -0.25) is 9.59 Å². The smallest absolute Gasteiger partial charge is 0.261 e. The topological polar surface area (TPSA) is 58.6 Å². The van der Waals surface area contributed by atoms with E-state index in [0.717, 1.165) is 29.2 Å². The summed E-state index contributed by atoms with van der Waals surface area (Å²) < 4.78 is 5.95. The molecule has 1 atom stereocenters. The summed E-state index contributed by atoms with van der Waals surface area (Å²) in [6, 6.07) is 20.4. The summed E-state index contributed by atoms with van der Waals surface area (Å²) in [4.78, 5) is 27.9. The first kappa shape index (κ1) is 24.6. The van der Waals surface area contributed by atoms with E-state index in [9.17, 15) is 9.59 Å². The number of nitrogens with zero attached hydrogens (tertiary/aromatic N) is 1. The fourth-order valence-electron chi connectivity index (χ4n) is 3.78. The van der Waals surface area contributed by atoms with E-state index in [0.29, 0.717) is 23.7 Å². The molecule has 0 aromatic heterocycles. The number of rotatable bonds is 11. The summed E-state index contributed by atoms with van der Waals surface area (Å²) in [5, 5.41) is 5.50. The molecule has 0 saturated heterocycles. The number of carbonyl (C=O) groups excluding carboxylic acids is 2. The number of benzene rings is 3. The third-order valence-corrected chi connectivity index (χ3v) is 5.98. The summed E-state index contributed by atoms with van der Waals surface area (Å²) in [6.45, 7) is 4.63. The first-order valence-electron chi connectivity index (χ1n) is 11.5. The Morgan fingerprint density at radius 3 is 2.48 bits per heavy atom. The van der Waals surface area contributed by atoms with Gasteiger partial charge in [0.1, 0.15) is 11.8 Å². The fraction of sp³-hybridized carbons (Fsp3) is 0.333. The summed E-state index contributed by atoms with van der Waals surface area (Å²) in [7, 11) is 0. The van der Waals surface area contributed by atoms with Crippen molar-refractivity contribution in [3.63, 3.8) is 0 Å². The van der Waals surface area contributed by atoms with Crippen LogP contribution < -0.4 is 10.1 Å². The van der Waals surface area contributed by atoms with Gasteiger partial charge in [-0.05, 0) is 35.9 Å². The highest BCUT2D eigenvalue weighted by Crippen LogP contribution is 2.25. The van der Waals surface area contributed by atoms with Crippen LogP contribution in [0.4, 0.5) is 0 Å². The molecule has 0 fully saturated rings. The lowest BCUT2D eigenvalue weighted by Crippen LogP contribution is -2.50. The third-order valence-electron chi connectivity index (χ3n) is 5.61. The minimum Gasteiger partial charge on any atom is -0.483 e. The summed E-state index contributed by atoms with van der Waals surface area (Å²) in [5.74, 6) is 0.219. The van der Waals surface area contributed by atoms with Gasteiger partial charge < -0.3 is 15.0 Å². The van der Waals surface area contributed by atoms with Gasteiger partial charge in [0.05, 0.1) is 0 Å². The van der Waals surface area contributed by atoms with Gasteiger partial charge >= 0.3 is 0 Å². The van der Waals surface area contributed by atoms with Crippen LogP contribution in [-0.2, 0) is 16.1 Å². The minimum absolute atomic E-state index is 0.156. The van der Waals surface area contributed by atoms with Gasteiger partial charge in [-0.15, -0.1) is 0 Å². The van der Waals surface area contributed by atoms with E-state index >= 15 is 0 Å². The molecule has 0 bridgehead atoms. The van der Waals surface area contributed by atoms with Crippen molar-refractivity contribution in [2.45, 2.75) is 45.7 Å². The van der Waals surface area contributed by atoms with Gasteiger partial charge in [0.25, 0.3) is 5.91 Å². The van der Waals surface area contributed by atoms with E-state index in [-0.39, 0.29) is 25.0 Å². The van der Waals surface area contributed by atoms with Crippen molar-refractivity contribution in [3.05, 3.63) is 77.3 Å². The number of amides is 2. The molecule has 0 saturated carbocycles. The first-order chi connectivity index (χ1) is 16.0. The molecule has 2 amide bonds. The van der Waals surface area contributed by atoms with E-state index in [1.165, 1.54) is 0 Å². The van der Waals surface area contributed by atoms with Crippen LogP contribution in [0.5, 0.6) is 5.75 Å². The van der Waals surface area contributed by atoms with E-state index in [4.69, 9.17) is 16.3 Å². The zero-order valence-corrected chi connectivity index (χ0v) is 20.0. The van der Waals surface area contributed by atoms with Gasteiger partial charge in [-0.25, -0.2) is 0 Å². The van der Waals surface area contributed by atoms with Crippen molar-refractivity contribution in [1.82, 2.24) is 10.2 Å². The first-order valence-corrected chi connectivity index (χ1v) is 11.8. The molecule has 174 valence electrons. The molecule has 5 nitrogen and oxygen atoms in total. The fourth-order valence-corrected chi connectivity index (χ4v) is 3.98. The second-order valence-corrected chi connectivity index (χ2v) is 8.35. The van der Waals surface area contributed by atoms with Crippen LogP contribution in [-0.4, -0.2) is 35.9 Å². The van der Waals surface area contributed by atoms with Gasteiger partial charge in [-0.1, -0.05) is 86.5 Å². The van der Waals surface area contributed by atoms with Crippen LogP contribution >= 0.6 is 11.6 Å². The second-order valence-electron chi connectivity index (χ2n) is 7.95. The van der Waals surface area contributed by atoms with Gasteiger partial charge in [-0.2, -0.15) is 0 Å². The molecular formula is C27H31ClN2O3. The van der Waals surface area contributed by atoms with Gasteiger partial charge in [0.2, 0.25) is 5.91 Å². The molecule has 0 aliphatic carbocycles. The highest BCUT2D eigenvalue weighted by atomic mass is 35.5. The largest absolute Gasteiger partial charge is 0.483 e. The van der Waals surface area contributed by atoms with Gasteiger partial charge in [0, 0.05) is 23.5 Å². The standard InChI is InChI=1S/C27H31ClN2O3/c1-3-5-17-29-27(32)24(4-2)30(18-21-12-7-9-15-23(21)28)26(31)19-33-25-16-10-13-20-11-6-8-14-22(20)25/h6-16,24H,3-5,17-19H2,1-2H3,(H,29,32). The molecule has 1 N–H and O–H groups in total. The molecule has 0 radical (unpaired) electrons. The third kappa shape index (κ3) is 6.48. The Labute approximate surface area is 200 Å². The Bertz CT molecular complexity index is 1080. The van der Waals surface area contributed by atoms with Crippen LogP contribution in [0.25, 0.3) is 10.8 Å². The monoisotopic (exact) mass is 466 g/mol. The normalized spacial score (nSPS) is 11.7. The van der Waals surface area contributed by atoms with Crippen molar-refractivity contribution in [2.75, 3.05) is 13.2 Å². The number of nitrogens with one attached hydrogen (secondary N) is 1. The number of carbonyl (C=O) groups is 2. The van der Waals surface area contributed by atoms with E-state index in [1.807, 2.05) is 67.6 Å². The molecule has 3 rings (SSSR count).